The van der Waals surface area contributed by atoms with Crippen LogP contribution in [0.25, 0.3) is 11.4 Å². The van der Waals surface area contributed by atoms with Gasteiger partial charge >= 0.3 is 6.03 Å². The highest BCUT2D eigenvalue weighted by atomic mass is 35.5. The third-order valence-corrected chi connectivity index (χ3v) is 3.85. The quantitative estimate of drug-likeness (QED) is 0.690. The first kappa shape index (κ1) is 17.3. The Kier molecular flexibility index (Phi) is 5.53. The predicted molar refractivity (Wildman–Crippen MR) is 96.9 cm³/mol. The molecule has 3 rings (SSSR count). The minimum Gasteiger partial charge on any atom is -0.339 e. The van der Waals surface area contributed by atoms with Crippen molar-refractivity contribution in [2.75, 3.05) is 11.9 Å². The number of hydrogen-bond acceptors (Lipinski definition) is 4. The van der Waals surface area contributed by atoms with E-state index in [0.29, 0.717) is 46.0 Å². The molecular weight excluding hydrogens is 363 g/mol. The molecule has 8 heteroatoms. The van der Waals surface area contributed by atoms with E-state index in [9.17, 15) is 4.79 Å². The smallest absolute Gasteiger partial charge is 0.319 e. The van der Waals surface area contributed by atoms with Gasteiger partial charge < -0.3 is 15.2 Å². The maximum atomic E-state index is 11.8. The fourth-order valence-electron chi connectivity index (χ4n) is 2.13. The molecule has 0 atom stereocenters. The number of nitrogens with one attached hydrogen (secondary N) is 2. The lowest BCUT2D eigenvalue weighted by atomic mass is 10.2. The molecule has 0 radical (unpaired) electrons. The second-order valence-corrected chi connectivity index (χ2v) is 5.98. The van der Waals surface area contributed by atoms with E-state index in [0.717, 1.165) is 0 Å². The number of carbonyl (C=O) groups is 1. The lowest BCUT2D eigenvalue weighted by Gasteiger charge is -2.06. The molecule has 6 nitrogen and oxygen atoms in total. The average molecular weight is 377 g/mol. The van der Waals surface area contributed by atoms with Crippen molar-refractivity contribution in [2.45, 2.75) is 6.42 Å². The highest BCUT2D eigenvalue weighted by Gasteiger charge is 2.11. The van der Waals surface area contributed by atoms with E-state index in [2.05, 4.69) is 20.8 Å². The lowest BCUT2D eigenvalue weighted by molar-refractivity contribution is 0.252. The SMILES string of the molecule is O=C(NCCc1nc(-c2ccccc2Cl)no1)Nc1cccc(Cl)c1. The Morgan fingerprint density at radius 3 is 2.76 bits per heavy atom. The summed E-state index contributed by atoms with van der Waals surface area (Å²) in [5.74, 6) is 0.835. The zero-order valence-electron chi connectivity index (χ0n) is 13.0. The lowest BCUT2D eigenvalue weighted by Crippen LogP contribution is -2.30. The van der Waals surface area contributed by atoms with Crippen molar-refractivity contribution < 1.29 is 9.32 Å². The van der Waals surface area contributed by atoms with Crippen LogP contribution in [0.5, 0.6) is 0 Å². The van der Waals surface area contributed by atoms with Crippen LogP contribution in [0.2, 0.25) is 10.0 Å². The van der Waals surface area contributed by atoms with Gasteiger partial charge in [0, 0.05) is 29.2 Å². The van der Waals surface area contributed by atoms with Gasteiger partial charge in [-0.15, -0.1) is 0 Å². The number of amides is 2. The Balaban J connectivity index is 1.51. The van der Waals surface area contributed by atoms with E-state index in [4.69, 9.17) is 27.7 Å². The van der Waals surface area contributed by atoms with Crippen LogP contribution in [0.4, 0.5) is 10.5 Å². The van der Waals surface area contributed by atoms with Crippen molar-refractivity contribution in [1.29, 1.82) is 0 Å². The number of benzene rings is 2. The van der Waals surface area contributed by atoms with E-state index in [-0.39, 0.29) is 6.03 Å². The molecule has 3 aromatic rings. The summed E-state index contributed by atoms with van der Waals surface area (Å²) in [5.41, 5.74) is 1.31. The first-order valence-electron chi connectivity index (χ1n) is 7.50. The predicted octanol–water partition coefficient (Wildman–Crippen LogP) is 4.41. The van der Waals surface area contributed by atoms with Crippen LogP contribution < -0.4 is 10.6 Å². The van der Waals surface area contributed by atoms with E-state index in [1.807, 2.05) is 18.2 Å². The summed E-state index contributed by atoms with van der Waals surface area (Å²) in [6.45, 7) is 0.344. The molecule has 2 N–H and O–H groups in total. The number of nitrogens with zero attached hydrogens (tertiary/aromatic N) is 2. The van der Waals surface area contributed by atoms with Gasteiger partial charge in [-0.05, 0) is 30.3 Å². The van der Waals surface area contributed by atoms with Crippen LogP contribution in [0, 0.1) is 0 Å². The maximum Gasteiger partial charge on any atom is 0.319 e. The highest BCUT2D eigenvalue weighted by molar-refractivity contribution is 6.33. The van der Waals surface area contributed by atoms with Crippen molar-refractivity contribution in [3.63, 3.8) is 0 Å². The molecule has 1 heterocycles. The summed E-state index contributed by atoms with van der Waals surface area (Å²) < 4.78 is 5.18. The average Bonchev–Trinajstić information content (AvgIpc) is 3.04. The van der Waals surface area contributed by atoms with Crippen LogP contribution in [0.3, 0.4) is 0 Å². The number of aromatic nitrogens is 2. The van der Waals surface area contributed by atoms with Gasteiger partial charge in [0.05, 0.1) is 5.02 Å². The Bertz CT molecular complexity index is 882. The molecule has 0 bridgehead atoms. The van der Waals surface area contributed by atoms with E-state index >= 15 is 0 Å². The zero-order chi connectivity index (χ0) is 17.6. The number of urea groups is 1. The molecule has 0 aliphatic heterocycles. The number of halogens is 2. The molecule has 0 unspecified atom stereocenters. The van der Waals surface area contributed by atoms with Gasteiger partial charge in [-0.3, -0.25) is 0 Å². The fraction of sp³-hybridized carbons (Fsp3) is 0.118. The van der Waals surface area contributed by atoms with Gasteiger partial charge in [0.2, 0.25) is 11.7 Å². The Hall–Kier alpha value is -2.57. The van der Waals surface area contributed by atoms with Crippen LogP contribution in [-0.4, -0.2) is 22.7 Å². The molecule has 0 saturated carbocycles. The summed E-state index contributed by atoms with van der Waals surface area (Å²) in [6, 6.07) is 13.8. The zero-order valence-corrected chi connectivity index (χ0v) is 14.5. The molecule has 25 heavy (non-hydrogen) atoms. The normalized spacial score (nSPS) is 10.5. The fourth-order valence-corrected chi connectivity index (χ4v) is 2.54. The number of rotatable bonds is 5. The summed E-state index contributed by atoms with van der Waals surface area (Å²) >= 11 is 12.0. The standard InChI is InChI=1S/C17H14Cl2N4O2/c18-11-4-3-5-12(10-11)21-17(24)20-9-8-15-22-16(23-25-15)13-6-1-2-7-14(13)19/h1-7,10H,8-9H2,(H2,20,21,24). The van der Waals surface area contributed by atoms with Crippen molar-refractivity contribution >= 4 is 34.9 Å². The number of anilines is 1. The summed E-state index contributed by atoms with van der Waals surface area (Å²) in [6.07, 6.45) is 0.403. The van der Waals surface area contributed by atoms with Crippen molar-refractivity contribution in [3.05, 3.63) is 64.5 Å². The van der Waals surface area contributed by atoms with Gasteiger partial charge in [-0.25, -0.2) is 4.79 Å². The summed E-state index contributed by atoms with van der Waals surface area (Å²) in [7, 11) is 0. The minimum atomic E-state index is -0.340. The molecule has 0 fully saturated rings. The molecule has 128 valence electrons. The van der Waals surface area contributed by atoms with Gasteiger partial charge in [0.25, 0.3) is 0 Å². The van der Waals surface area contributed by atoms with Crippen molar-refractivity contribution in [2.24, 2.45) is 0 Å². The van der Waals surface area contributed by atoms with E-state index in [1.165, 1.54) is 0 Å². The van der Waals surface area contributed by atoms with Crippen LogP contribution in [0.15, 0.2) is 53.1 Å². The number of hydrogen-bond donors (Lipinski definition) is 2. The van der Waals surface area contributed by atoms with Gasteiger partial charge in [-0.1, -0.05) is 46.6 Å². The molecule has 0 saturated heterocycles. The molecule has 1 aromatic heterocycles. The van der Waals surface area contributed by atoms with Crippen LogP contribution >= 0.6 is 23.2 Å². The molecule has 0 aliphatic rings. The van der Waals surface area contributed by atoms with Gasteiger partial charge in [0.15, 0.2) is 0 Å². The minimum absolute atomic E-state index is 0.340. The van der Waals surface area contributed by atoms with Crippen molar-refractivity contribution in [3.8, 4) is 11.4 Å². The van der Waals surface area contributed by atoms with E-state index < -0.39 is 0 Å². The molecule has 0 aliphatic carbocycles. The van der Waals surface area contributed by atoms with Gasteiger partial charge in [-0.2, -0.15) is 4.98 Å². The molecular formula is C17H14Cl2N4O2. The molecule has 2 amide bonds. The maximum absolute atomic E-state index is 11.8. The van der Waals surface area contributed by atoms with Crippen molar-refractivity contribution in [1.82, 2.24) is 15.5 Å². The highest BCUT2D eigenvalue weighted by Crippen LogP contribution is 2.24. The Morgan fingerprint density at radius 2 is 1.96 bits per heavy atom. The largest absolute Gasteiger partial charge is 0.339 e. The monoisotopic (exact) mass is 376 g/mol. The second-order valence-electron chi connectivity index (χ2n) is 5.13. The first-order valence-corrected chi connectivity index (χ1v) is 8.25. The molecule has 2 aromatic carbocycles. The molecule has 0 spiro atoms. The number of carbonyl (C=O) groups excluding carboxylic acids is 1. The van der Waals surface area contributed by atoms with Crippen LogP contribution in [0.1, 0.15) is 5.89 Å². The second kappa shape index (κ2) is 8.00. The first-order chi connectivity index (χ1) is 12.1. The summed E-state index contributed by atoms with van der Waals surface area (Å²) in [5, 5.41) is 10.4. The third-order valence-electron chi connectivity index (χ3n) is 3.29. The van der Waals surface area contributed by atoms with Gasteiger partial charge in [0.1, 0.15) is 0 Å². The Labute approximate surface area is 154 Å². The Morgan fingerprint density at radius 1 is 1.12 bits per heavy atom. The third kappa shape index (κ3) is 4.71. The summed E-state index contributed by atoms with van der Waals surface area (Å²) in [4.78, 5) is 16.1. The van der Waals surface area contributed by atoms with Crippen LogP contribution in [-0.2, 0) is 6.42 Å². The van der Waals surface area contributed by atoms with E-state index in [1.54, 1.807) is 30.3 Å². The topological polar surface area (TPSA) is 80.1 Å².